The Hall–Kier alpha value is -2.04. The van der Waals surface area contributed by atoms with E-state index in [1.807, 2.05) is 60.7 Å². The van der Waals surface area contributed by atoms with E-state index in [0.29, 0.717) is 0 Å². The van der Waals surface area contributed by atoms with Crippen molar-refractivity contribution in [1.82, 2.24) is 9.97 Å². The molecule has 0 bridgehead atoms. The lowest BCUT2D eigenvalue weighted by molar-refractivity contribution is 1.29. The predicted molar refractivity (Wildman–Crippen MR) is 111 cm³/mol. The molecule has 0 radical (unpaired) electrons. The summed E-state index contributed by atoms with van der Waals surface area (Å²) in [7, 11) is 0. The van der Waals surface area contributed by atoms with Crippen LogP contribution in [0.5, 0.6) is 0 Å². The molecule has 1 aromatic heterocycles. The zero-order chi connectivity index (χ0) is 14.8. The van der Waals surface area contributed by atoms with Crippen molar-refractivity contribution >= 4 is 45.0 Å². The van der Waals surface area contributed by atoms with E-state index in [1.54, 1.807) is 0 Å². The van der Waals surface area contributed by atoms with Gasteiger partial charge < -0.3 is 0 Å². The van der Waals surface area contributed by atoms with Crippen LogP contribution in [0.3, 0.4) is 0 Å². The summed E-state index contributed by atoms with van der Waals surface area (Å²) in [4.78, 5) is 9.72. The van der Waals surface area contributed by atoms with Gasteiger partial charge in [-0.25, -0.2) is 9.97 Å². The molecule has 4 rings (SSSR count). The Morgan fingerprint density at radius 2 is 0.750 bits per heavy atom. The number of halogens is 2. The summed E-state index contributed by atoms with van der Waals surface area (Å²) in [6.07, 6.45) is 0. The Balaban J connectivity index is 0.00000104. The van der Waals surface area contributed by atoms with Crippen LogP contribution in [0.2, 0.25) is 0 Å². The van der Waals surface area contributed by atoms with Crippen LogP contribution < -0.4 is 0 Å². The average molecular weight is 444 g/mol. The van der Waals surface area contributed by atoms with Gasteiger partial charge in [-0.1, -0.05) is 72.8 Å². The van der Waals surface area contributed by atoms with Gasteiger partial charge in [-0.2, -0.15) is 0 Å². The zero-order valence-electron chi connectivity index (χ0n) is 12.8. The van der Waals surface area contributed by atoms with Crippen LogP contribution in [0, 0.1) is 0 Å². The van der Waals surface area contributed by atoms with Crippen LogP contribution in [0.25, 0.3) is 33.5 Å². The minimum atomic E-state index is 0. The van der Waals surface area contributed by atoms with E-state index in [4.69, 9.17) is 9.97 Å². The van der Waals surface area contributed by atoms with Gasteiger partial charge in [-0.05, 0) is 12.1 Å². The lowest BCUT2D eigenvalue weighted by atomic mass is 10.0. The second-order valence-electron chi connectivity index (χ2n) is 5.14. The standard InChI is InChI=1S/C20H14N2.2BrH/c1-3-9-15(10-4-1)19-20(16-11-5-2-6-12-16)22-18-14-8-7-13-17(18)21-19;;/h1-14H;2*1H. The SMILES string of the molecule is Br.Br.c1ccc(-c2nc3ccccc3nc2-c2ccccc2)cc1. The molecule has 4 aromatic rings. The molecule has 0 fully saturated rings. The van der Waals surface area contributed by atoms with Crippen molar-refractivity contribution in [2.75, 3.05) is 0 Å². The molecule has 0 spiro atoms. The van der Waals surface area contributed by atoms with E-state index in [1.165, 1.54) is 0 Å². The highest BCUT2D eigenvalue weighted by Gasteiger charge is 2.12. The molecule has 4 heteroatoms. The highest BCUT2D eigenvalue weighted by atomic mass is 79.9. The number of hydrogen-bond donors (Lipinski definition) is 0. The maximum absolute atomic E-state index is 4.86. The zero-order valence-corrected chi connectivity index (χ0v) is 16.2. The fourth-order valence-corrected chi connectivity index (χ4v) is 2.59. The third kappa shape index (κ3) is 3.55. The van der Waals surface area contributed by atoms with Crippen molar-refractivity contribution in [1.29, 1.82) is 0 Å². The summed E-state index contributed by atoms with van der Waals surface area (Å²) in [5, 5.41) is 0. The molecule has 0 aliphatic rings. The van der Waals surface area contributed by atoms with Crippen molar-refractivity contribution in [3.05, 3.63) is 84.9 Å². The molecule has 0 aliphatic carbocycles. The molecule has 0 N–H and O–H groups in total. The van der Waals surface area contributed by atoms with E-state index < -0.39 is 0 Å². The average Bonchev–Trinajstić information content (AvgIpc) is 2.62. The number of para-hydroxylation sites is 2. The van der Waals surface area contributed by atoms with Crippen LogP contribution in [0.4, 0.5) is 0 Å². The predicted octanol–water partition coefficient (Wildman–Crippen LogP) is 6.12. The first-order valence-corrected chi connectivity index (χ1v) is 7.29. The quantitative estimate of drug-likeness (QED) is 0.373. The van der Waals surface area contributed by atoms with Gasteiger partial charge in [-0.3, -0.25) is 0 Å². The Morgan fingerprint density at radius 1 is 0.417 bits per heavy atom. The van der Waals surface area contributed by atoms with E-state index in [-0.39, 0.29) is 34.0 Å². The monoisotopic (exact) mass is 442 g/mol. The third-order valence-electron chi connectivity index (χ3n) is 3.66. The van der Waals surface area contributed by atoms with Gasteiger partial charge in [0.25, 0.3) is 0 Å². The fourth-order valence-electron chi connectivity index (χ4n) is 2.59. The molecular weight excluding hydrogens is 428 g/mol. The smallest absolute Gasteiger partial charge is 0.0973 e. The van der Waals surface area contributed by atoms with Crippen molar-refractivity contribution in [2.24, 2.45) is 0 Å². The second kappa shape index (κ2) is 8.18. The van der Waals surface area contributed by atoms with E-state index in [2.05, 4.69) is 24.3 Å². The van der Waals surface area contributed by atoms with Gasteiger partial charge in [0.2, 0.25) is 0 Å². The van der Waals surface area contributed by atoms with Gasteiger partial charge in [-0.15, -0.1) is 34.0 Å². The van der Waals surface area contributed by atoms with Gasteiger partial charge in [0.15, 0.2) is 0 Å². The number of nitrogens with zero attached hydrogens (tertiary/aromatic N) is 2. The highest BCUT2D eigenvalue weighted by Crippen LogP contribution is 2.30. The maximum Gasteiger partial charge on any atom is 0.0973 e. The van der Waals surface area contributed by atoms with Crippen LogP contribution in [0.15, 0.2) is 84.9 Å². The first-order chi connectivity index (χ1) is 10.9. The molecule has 3 aromatic carbocycles. The minimum Gasteiger partial charge on any atom is -0.244 e. The molecule has 0 amide bonds. The summed E-state index contributed by atoms with van der Waals surface area (Å²) < 4.78 is 0. The second-order valence-corrected chi connectivity index (χ2v) is 5.14. The molecule has 2 nitrogen and oxygen atoms in total. The van der Waals surface area contributed by atoms with Gasteiger partial charge >= 0.3 is 0 Å². The summed E-state index contributed by atoms with van der Waals surface area (Å²) in [6, 6.07) is 28.4. The van der Waals surface area contributed by atoms with Crippen LogP contribution in [-0.4, -0.2) is 9.97 Å². The Morgan fingerprint density at radius 3 is 1.12 bits per heavy atom. The lowest BCUT2D eigenvalue weighted by Gasteiger charge is -2.10. The highest BCUT2D eigenvalue weighted by molar-refractivity contribution is 8.93. The van der Waals surface area contributed by atoms with Gasteiger partial charge in [0.05, 0.1) is 22.4 Å². The van der Waals surface area contributed by atoms with E-state index >= 15 is 0 Å². The summed E-state index contributed by atoms with van der Waals surface area (Å²) in [6.45, 7) is 0. The van der Waals surface area contributed by atoms with Crippen LogP contribution >= 0.6 is 34.0 Å². The van der Waals surface area contributed by atoms with Crippen molar-refractivity contribution in [3.8, 4) is 22.5 Å². The van der Waals surface area contributed by atoms with E-state index in [0.717, 1.165) is 33.5 Å². The van der Waals surface area contributed by atoms with Crippen molar-refractivity contribution in [2.45, 2.75) is 0 Å². The van der Waals surface area contributed by atoms with Crippen LogP contribution in [-0.2, 0) is 0 Å². The first kappa shape index (κ1) is 18.3. The molecular formula is C20H16Br2N2. The number of aromatic nitrogens is 2. The molecule has 120 valence electrons. The molecule has 0 saturated carbocycles. The Bertz CT molecular complexity index is 848. The van der Waals surface area contributed by atoms with Gasteiger partial charge in [0, 0.05) is 11.1 Å². The number of benzene rings is 3. The molecule has 24 heavy (non-hydrogen) atoms. The molecule has 1 heterocycles. The number of rotatable bonds is 2. The number of fused-ring (bicyclic) bond motifs is 1. The maximum atomic E-state index is 4.86. The first-order valence-electron chi connectivity index (χ1n) is 7.29. The normalized spacial score (nSPS) is 9.83. The van der Waals surface area contributed by atoms with Crippen molar-refractivity contribution < 1.29 is 0 Å². The number of hydrogen-bond acceptors (Lipinski definition) is 2. The summed E-state index contributed by atoms with van der Waals surface area (Å²) in [5.41, 5.74) is 5.84. The van der Waals surface area contributed by atoms with Crippen molar-refractivity contribution in [3.63, 3.8) is 0 Å². The largest absolute Gasteiger partial charge is 0.244 e. The Kier molecular flexibility index (Phi) is 6.23. The molecule has 0 saturated heterocycles. The Labute approximate surface area is 162 Å². The topological polar surface area (TPSA) is 25.8 Å². The molecule has 0 unspecified atom stereocenters. The summed E-state index contributed by atoms with van der Waals surface area (Å²) in [5.74, 6) is 0. The molecule has 0 aliphatic heterocycles. The molecule has 0 atom stereocenters. The van der Waals surface area contributed by atoms with Crippen LogP contribution in [0.1, 0.15) is 0 Å². The minimum absolute atomic E-state index is 0. The van der Waals surface area contributed by atoms with E-state index in [9.17, 15) is 0 Å². The fraction of sp³-hybridized carbons (Fsp3) is 0. The lowest BCUT2D eigenvalue weighted by Crippen LogP contribution is -1.95. The third-order valence-corrected chi connectivity index (χ3v) is 3.66. The van der Waals surface area contributed by atoms with Gasteiger partial charge in [0.1, 0.15) is 0 Å². The summed E-state index contributed by atoms with van der Waals surface area (Å²) >= 11 is 0.